The Morgan fingerprint density at radius 1 is 1.12 bits per heavy atom. The number of rotatable bonds is 6. The molecule has 0 aliphatic carbocycles. The van der Waals surface area contributed by atoms with Crippen LogP contribution in [0.3, 0.4) is 0 Å². The van der Waals surface area contributed by atoms with E-state index in [0.717, 1.165) is 5.92 Å². The van der Waals surface area contributed by atoms with Gasteiger partial charge in [-0.1, -0.05) is 13.3 Å². The van der Waals surface area contributed by atoms with Crippen LogP contribution in [-0.4, -0.2) is 38.1 Å². The third-order valence-electron chi connectivity index (χ3n) is 3.27. The second-order valence-electron chi connectivity index (χ2n) is 4.64. The van der Waals surface area contributed by atoms with Crippen LogP contribution in [0.25, 0.3) is 0 Å². The molecule has 1 saturated heterocycles. The van der Waals surface area contributed by atoms with E-state index < -0.39 is 0 Å². The molecular weight excluding hydrogens is 243 g/mol. The normalized spacial score (nSPS) is 16.7. The molecule has 1 heterocycles. The highest BCUT2D eigenvalue weighted by molar-refractivity contribution is 5.85. The molecule has 0 amide bonds. The molecule has 16 heavy (non-hydrogen) atoms. The van der Waals surface area contributed by atoms with Crippen molar-refractivity contribution in [3.05, 3.63) is 0 Å². The molecule has 0 atom stereocenters. The highest BCUT2D eigenvalue weighted by Gasteiger charge is 2.12. The first kappa shape index (κ1) is 18.9. The van der Waals surface area contributed by atoms with Crippen molar-refractivity contribution in [2.45, 2.75) is 39.0 Å². The molecule has 0 radical (unpaired) electrons. The van der Waals surface area contributed by atoms with Crippen LogP contribution in [0, 0.1) is 5.92 Å². The van der Waals surface area contributed by atoms with E-state index in [4.69, 9.17) is 0 Å². The Balaban J connectivity index is 0. The van der Waals surface area contributed by atoms with Crippen molar-refractivity contribution in [2.24, 2.45) is 5.92 Å². The van der Waals surface area contributed by atoms with Gasteiger partial charge in [0.1, 0.15) is 0 Å². The Kier molecular flexibility index (Phi) is 14.1. The van der Waals surface area contributed by atoms with Gasteiger partial charge in [-0.05, 0) is 64.8 Å². The molecule has 0 bridgehead atoms. The molecular formula is C12H28Cl2N2. The van der Waals surface area contributed by atoms with Gasteiger partial charge in [-0.25, -0.2) is 0 Å². The zero-order valence-corrected chi connectivity index (χ0v) is 12.3. The summed E-state index contributed by atoms with van der Waals surface area (Å²) < 4.78 is 0. The predicted molar refractivity (Wildman–Crippen MR) is 77.1 cm³/mol. The van der Waals surface area contributed by atoms with Gasteiger partial charge in [-0.3, -0.25) is 0 Å². The van der Waals surface area contributed by atoms with Crippen LogP contribution in [0.5, 0.6) is 0 Å². The van der Waals surface area contributed by atoms with Crippen LogP contribution in [0.1, 0.15) is 39.0 Å². The predicted octanol–water partition coefficient (Wildman–Crippen LogP) is 2.95. The fourth-order valence-electron chi connectivity index (χ4n) is 2.11. The number of piperidine rings is 1. The Bertz CT molecular complexity index is 139. The van der Waals surface area contributed by atoms with E-state index in [0.29, 0.717) is 0 Å². The maximum Gasteiger partial charge on any atom is -0.00191 e. The smallest absolute Gasteiger partial charge is 0.00191 e. The Morgan fingerprint density at radius 2 is 1.75 bits per heavy atom. The van der Waals surface area contributed by atoms with Crippen LogP contribution < -0.4 is 5.32 Å². The number of halogens is 2. The highest BCUT2D eigenvalue weighted by Crippen LogP contribution is 2.15. The average Bonchev–Trinajstić information content (AvgIpc) is 2.25. The second kappa shape index (κ2) is 12.0. The quantitative estimate of drug-likeness (QED) is 0.799. The zero-order valence-electron chi connectivity index (χ0n) is 10.7. The number of nitrogens with zero attached hydrogens (tertiary/aromatic N) is 1. The maximum absolute atomic E-state index is 3.42. The van der Waals surface area contributed by atoms with Crippen molar-refractivity contribution in [1.29, 1.82) is 0 Å². The summed E-state index contributed by atoms with van der Waals surface area (Å²) in [5, 5.41) is 3.42. The van der Waals surface area contributed by atoms with Crippen LogP contribution in [0.4, 0.5) is 0 Å². The van der Waals surface area contributed by atoms with E-state index in [9.17, 15) is 0 Å². The van der Waals surface area contributed by atoms with E-state index in [-0.39, 0.29) is 24.8 Å². The van der Waals surface area contributed by atoms with Gasteiger partial charge >= 0.3 is 0 Å². The minimum Gasteiger partial charge on any atom is -0.317 e. The van der Waals surface area contributed by atoms with Crippen molar-refractivity contribution in [2.75, 3.05) is 33.2 Å². The summed E-state index contributed by atoms with van der Waals surface area (Å²) in [5.74, 6) is 0.986. The minimum atomic E-state index is 0. The SMILES string of the molecule is CCCCN(C)CCC1CCNCC1.Cl.Cl. The standard InChI is InChI=1S/C12H26N2.2ClH/c1-3-4-10-14(2)11-7-12-5-8-13-9-6-12;;/h12-13H,3-11H2,1-2H3;2*1H. The number of hydrogen-bond donors (Lipinski definition) is 1. The summed E-state index contributed by atoms with van der Waals surface area (Å²) in [7, 11) is 2.26. The molecule has 1 fully saturated rings. The molecule has 0 saturated carbocycles. The number of unbranched alkanes of at least 4 members (excludes halogenated alkanes) is 1. The summed E-state index contributed by atoms with van der Waals surface area (Å²) in [5.41, 5.74) is 0. The maximum atomic E-state index is 3.42. The Labute approximate surface area is 113 Å². The van der Waals surface area contributed by atoms with Gasteiger partial charge < -0.3 is 10.2 Å². The Morgan fingerprint density at radius 3 is 2.31 bits per heavy atom. The summed E-state index contributed by atoms with van der Waals surface area (Å²) in [6, 6.07) is 0. The molecule has 2 nitrogen and oxygen atoms in total. The lowest BCUT2D eigenvalue weighted by Gasteiger charge is -2.25. The molecule has 0 aromatic rings. The van der Waals surface area contributed by atoms with E-state index in [1.165, 1.54) is 58.3 Å². The monoisotopic (exact) mass is 270 g/mol. The fraction of sp³-hybridized carbons (Fsp3) is 1.00. The first-order valence-electron chi connectivity index (χ1n) is 6.22. The van der Waals surface area contributed by atoms with Gasteiger partial charge in [-0.2, -0.15) is 0 Å². The molecule has 0 aromatic carbocycles. The fourth-order valence-corrected chi connectivity index (χ4v) is 2.11. The third kappa shape index (κ3) is 8.63. The number of hydrogen-bond acceptors (Lipinski definition) is 2. The summed E-state index contributed by atoms with van der Waals surface area (Å²) in [4.78, 5) is 2.49. The molecule has 1 rings (SSSR count). The minimum absolute atomic E-state index is 0. The first-order chi connectivity index (χ1) is 6.83. The summed E-state index contributed by atoms with van der Waals surface area (Å²) >= 11 is 0. The van der Waals surface area contributed by atoms with Crippen molar-refractivity contribution >= 4 is 24.8 Å². The first-order valence-corrected chi connectivity index (χ1v) is 6.22. The molecule has 0 unspecified atom stereocenters. The van der Waals surface area contributed by atoms with E-state index in [1.807, 2.05) is 0 Å². The molecule has 100 valence electrons. The highest BCUT2D eigenvalue weighted by atomic mass is 35.5. The molecule has 4 heteroatoms. The van der Waals surface area contributed by atoms with Gasteiger partial charge in [0.05, 0.1) is 0 Å². The average molecular weight is 271 g/mol. The molecule has 0 spiro atoms. The van der Waals surface area contributed by atoms with E-state index in [2.05, 4.69) is 24.2 Å². The largest absolute Gasteiger partial charge is 0.317 e. The van der Waals surface area contributed by atoms with Crippen LogP contribution in [0.2, 0.25) is 0 Å². The lowest BCUT2D eigenvalue weighted by molar-refractivity contribution is 0.268. The lowest BCUT2D eigenvalue weighted by atomic mass is 9.94. The van der Waals surface area contributed by atoms with Gasteiger partial charge in [0.2, 0.25) is 0 Å². The molecule has 1 aliphatic rings. The van der Waals surface area contributed by atoms with E-state index >= 15 is 0 Å². The lowest BCUT2D eigenvalue weighted by Crippen LogP contribution is -2.30. The van der Waals surface area contributed by atoms with Crippen molar-refractivity contribution < 1.29 is 0 Å². The summed E-state index contributed by atoms with van der Waals surface area (Å²) in [6.45, 7) is 7.32. The van der Waals surface area contributed by atoms with Crippen LogP contribution in [0.15, 0.2) is 0 Å². The second-order valence-corrected chi connectivity index (χ2v) is 4.64. The zero-order chi connectivity index (χ0) is 10.2. The van der Waals surface area contributed by atoms with Gasteiger partial charge in [0.15, 0.2) is 0 Å². The molecule has 1 aliphatic heterocycles. The van der Waals surface area contributed by atoms with Gasteiger partial charge in [-0.15, -0.1) is 24.8 Å². The topological polar surface area (TPSA) is 15.3 Å². The van der Waals surface area contributed by atoms with Crippen molar-refractivity contribution in [3.63, 3.8) is 0 Å². The third-order valence-corrected chi connectivity index (χ3v) is 3.27. The van der Waals surface area contributed by atoms with Crippen molar-refractivity contribution in [3.8, 4) is 0 Å². The Hall–Kier alpha value is 0.500. The van der Waals surface area contributed by atoms with Gasteiger partial charge in [0.25, 0.3) is 0 Å². The van der Waals surface area contributed by atoms with Crippen LogP contribution >= 0.6 is 24.8 Å². The number of nitrogens with one attached hydrogen (secondary N) is 1. The molecule has 0 aromatic heterocycles. The summed E-state index contributed by atoms with van der Waals surface area (Å²) in [6.07, 6.45) is 6.85. The van der Waals surface area contributed by atoms with Gasteiger partial charge in [0, 0.05) is 0 Å². The van der Waals surface area contributed by atoms with Crippen LogP contribution in [-0.2, 0) is 0 Å². The molecule has 1 N–H and O–H groups in total. The van der Waals surface area contributed by atoms with Crippen molar-refractivity contribution in [1.82, 2.24) is 10.2 Å². The van der Waals surface area contributed by atoms with E-state index in [1.54, 1.807) is 0 Å².